The van der Waals surface area contributed by atoms with Gasteiger partial charge in [0.1, 0.15) is 5.75 Å². The maximum atomic E-state index is 5.29. The van der Waals surface area contributed by atoms with E-state index in [0.717, 1.165) is 36.0 Å². The number of benzene rings is 1. The van der Waals surface area contributed by atoms with Crippen LogP contribution in [0.4, 0.5) is 5.13 Å². The Morgan fingerprint density at radius 2 is 2.20 bits per heavy atom. The summed E-state index contributed by atoms with van der Waals surface area (Å²) in [6, 6.07) is 6.24. The molecule has 0 unspecified atom stereocenters. The average Bonchev–Trinajstić information content (AvgIpc) is 2.90. The predicted molar refractivity (Wildman–Crippen MR) is 81.9 cm³/mol. The van der Waals surface area contributed by atoms with Gasteiger partial charge in [-0.15, -0.1) is 11.3 Å². The summed E-state index contributed by atoms with van der Waals surface area (Å²) in [4.78, 5) is 6.09. The minimum Gasteiger partial charge on any atom is -0.497 e. The first-order valence-corrected chi connectivity index (χ1v) is 7.53. The molecule has 0 bridgehead atoms. The minimum atomic E-state index is 0.692. The van der Waals surface area contributed by atoms with Gasteiger partial charge >= 0.3 is 0 Å². The van der Waals surface area contributed by atoms with Crippen molar-refractivity contribution in [2.24, 2.45) is 0 Å². The molecule has 1 aliphatic rings. The molecule has 0 amide bonds. The maximum Gasteiger partial charge on any atom is 0.183 e. The van der Waals surface area contributed by atoms with Crippen molar-refractivity contribution in [2.45, 2.75) is 12.8 Å². The second-order valence-electron chi connectivity index (χ2n) is 4.73. The van der Waals surface area contributed by atoms with Crippen molar-refractivity contribution >= 4 is 16.5 Å². The lowest BCUT2D eigenvalue weighted by atomic mass is 9.93. The Hall–Kier alpha value is -1.59. The molecule has 0 radical (unpaired) electrons. The summed E-state index contributed by atoms with van der Waals surface area (Å²) < 4.78 is 10.3. The number of aryl methyl sites for hydroxylation is 2. The van der Waals surface area contributed by atoms with E-state index in [4.69, 9.17) is 14.5 Å². The van der Waals surface area contributed by atoms with E-state index in [1.807, 2.05) is 6.07 Å². The van der Waals surface area contributed by atoms with Gasteiger partial charge in [-0.3, -0.25) is 0 Å². The maximum absolute atomic E-state index is 5.29. The summed E-state index contributed by atoms with van der Waals surface area (Å²) >= 11 is 1.75. The van der Waals surface area contributed by atoms with E-state index in [1.165, 1.54) is 16.0 Å². The van der Waals surface area contributed by atoms with E-state index in [0.29, 0.717) is 6.61 Å². The van der Waals surface area contributed by atoms with Gasteiger partial charge in [-0.2, -0.15) is 0 Å². The van der Waals surface area contributed by atoms with Crippen molar-refractivity contribution in [2.75, 3.05) is 32.7 Å². The van der Waals surface area contributed by atoms with Crippen LogP contribution in [0, 0.1) is 0 Å². The standard InChI is InChI=1S/C15H18N2O2S/c1-18-8-7-16-15-17-14-12-5-4-11(19-2)9-10(12)3-6-13(14)20-15/h4-5,9H,3,6-8H2,1-2H3,(H,16,17). The van der Waals surface area contributed by atoms with Gasteiger partial charge in [0, 0.05) is 24.1 Å². The third-order valence-electron chi connectivity index (χ3n) is 3.47. The number of nitrogens with one attached hydrogen (secondary N) is 1. The van der Waals surface area contributed by atoms with Crippen LogP contribution in [0.2, 0.25) is 0 Å². The molecule has 0 fully saturated rings. The van der Waals surface area contributed by atoms with Gasteiger partial charge in [-0.25, -0.2) is 4.98 Å². The van der Waals surface area contributed by atoms with Crippen LogP contribution in [0.5, 0.6) is 5.75 Å². The molecule has 20 heavy (non-hydrogen) atoms. The van der Waals surface area contributed by atoms with Gasteiger partial charge < -0.3 is 14.8 Å². The largest absolute Gasteiger partial charge is 0.497 e. The zero-order valence-electron chi connectivity index (χ0n) is 11.7. The molecule has 0 spiro atoms. The van der Waals surface area contributed by atoms with Crippen molar-refractivity contribution in [1.82, 2.24) is 4.98 Å². The number of thiazole rings is 1. The number of nitrogens with zero attached hydrogens (tertiary/aromatic N) is 1. The van der Waals surface area contributed by atoms with Crippen LogP contribution < -0.4 is 10.1 Å². The van der Waals surface area contributed by atoms with Gasteiger partial charge in [0.15, 0.2) is 5.13 Å². The lowest BCUT2D eigenvalue weighted by molar-refractivity contribution is 0.211. The zero-order chi connectivity index (χ0) is 13.9. The zero-order valence-corrected chi connectivity index (χ0v) is 12.5. The molecule has 2 aromatic rings. The fourth-order valence-electron chi connectivity index (χ4n) is 2.45. The number of hydrogen-bond acceptors (Lipinski definition) is 5. The molecule has 5 heteroatoms. The lowest BCUT2D eigenvalue weighted by Gasteiger charge is -2.15. The summed E-state index contributed by atoms with van der Waals surface area (Å²) in [7, 11) is 3.41. The molecule has 3 rings (SSSR count). The van der Waals surface area contributed by atoms with Gasteiger partial charge in [-0.05, 0) is 36.6 Å². The van der Waals surface area contributed by atoms with E-state index in [2.05, 4.69) is 17.4 Å². The molecule has 1 heterocycles. The molecule has 0 aliphatic heterocycles. The van der Waals surface area contributed by atoms with Crippen LogP contribution in [-0.2, 0) is 17.6 Å². The van der Waals surface area contributed by atoms with Gasteiger partial charge in [0.25, 0.3) is 0 Å². The summed E-state index contributed by atoms with van der Waals surface area (Å²) in [5.74, 6) is 0.917. The van der Waals surface area contributed by atoms with Crippen LogP contribution in [0.15, 0.2) is 18.2 Å². The third-order valence-corrected chi connectivity index (χ3v) is 4.54. The van der Waals surface area contributed by atoms with E-state index in [-0.39, 0.29) is 0 Å². The SMILES string of the molecule is COCCNc1nc2c(s1)CCc1cc(OC)ccc1-2. The molecule has 1 aromatic carbocycles. The Bertz CT molecular complexity index is 610. The molecule has 0 saturated carbocycles. The second kappa shape index (κ2) is 5.81. The molecule has 0 saturated heterocycles. The molecular weight excluding hydrogens is 272 g/mol. The Balaban J connectivity index is 1.87. The number of rotatable bonds is 5. The minimum absolute atomic E-state index is 0.692. The van der Waals surface area contributed by atoms with Gasteiger partial charge in [-0.1, -0.05) is 0 Å². The number of ether oxygens (including phenoxy) is 2. The van der Waals surface area contributed by atoms with E-state index < -0.39 is 0 Å². The average molecular weight is 290 g/mol. The highest BCUT2D eigenvalue weighted by molar-refractivity contribution is 7.16. The Morgan fingerprint density at radius 1 is 1.30 bits per heavy atom. The molecule has 4 nitrogen and oxygen atoms in total. The molecule has 106 valence electrons. The van der Waals surface area contributed by atoms with Crippen molar-refractivity contribution in [3.63, 3.8) is 0 Å². The van der Waals surface area contributed by atoms with Crippen molar-refractivity contribution in [1.29, 1.82) is 0 Å². The Kier molecular flexibility index (Phi) is 3.89. The Labute approximate surface area is 122 Å². The molecule has 1 N–H and O–H groups in total. The molecular formula is C15H18N2O2S. The molecule has 1 aliphatic carbocycles. The van der Waals surface area contributed by atoms with E-state index in [1.54, 1.807) is 25.6 Å². The van der Waals surface area contributed by atoms with Gasteiger partial charge in [0.05, 0.1) is 19.4 Å². The summed E-state index contributed by atoms with van der Waals surface area (Å²) in [5, 5.41) is 4.30. The smallest absolute Gasteiger partial charge is 0.183 e. The number of fused-ring (bicyclic) bond motifs is 3. The molecule has 1 aromatic heterocycles. The first-order chi connectivity index (χ1) is 9.81. The number of aromatic nitrogens is 1. The van der Waals surface area contributed by atoms with Crippen LogP contribution >= 0.6 is 11.3 Å². The predicted octanol–water partition coefficient (Wildman–Crippen LogP) is 2.98. The lowest BCUT2D eigenvalue weighted by Crippen LogP contribution is -2.07. The van der Waals surface area contributed by atoms with Crippen LogP contribution in [0.25, 0.3) is 11.3 Å². The van der Waals surface area contributed by atoms with E-state index >= 15 is 0 Å². The third kappa shape index (κ3) is 2.51. The topological polar surface area (TPSA) is 43.4 Å². The summed E-state index contributed by atoms with van der Waals surface area (Å²) in [6.07, 6.45) is 2.11. The highest BCUT2D eigenvalue weighted by Crippen LogP contribution is 2.39. The molecule has 0 atom stereocenters. The van der Waals surface area contributed by atoms with Crippen LogP contribution in [0.3, 0.4) is 0 Å². The number of methoxy groups -OCH3 is 2. The van der Waals surface area contributed by atoms with Gasteiger partial charge in [0.2, 0.25) is 0 Å². The Morgan fingerprint density at radius 3 is 3.00 bits per heavy atom. The van der Waals surface area contributed by atoms with Crippen molar-refractivity contribution < 1.29 is 9.47 Å². The number of hydrogen-bond donors (Lipinski definition) is 1. The quantitative estimate of drug-likeness (QED) is 0.860. The van der Waals surface area contributed by atoms with Crippen molar-refractivity contribution in [3.05, 3.63) is 28.6 Å². The summed E-state index contributed by atoms with van der Waals surface area (Å²) in [5.41, 5.74) is 3.69. The highest BCUT2D eigenvalue weighted by Gasteiger charge is 2.21. The normalized spacial score (nSPS) is 12.7. The fraction of sp³-hybridized carbons (Fsp3) is 0.400. The monoisotopic (exact) mass is 290 g/mol. The first kappa shape index (κ1) is 13.4. The number of anilines is 1. The second-order valence-corrected chi connectivity index (χ2v) is 5.82. The van der Waals surface area contributed by atoms with Crippen LogP contribution in [0.1, 0.15) is 10.4 Å². The summed E-state index contributed by atoms with van der Waals surface area (Å²) in [6.45, 7) is 1.48. The highest BCUT2D eigenvalue weighted by atomic mass is 32.1. The van der Waals surface area contributed by atoms with Crippen molar-refractivity contribution in [3.8, 4) is 17.0 Å². The van der Waals surface area contributed by atoms with E-state index in [9.17, 15) is 0 Å². The first-order valence-electron chi connectivity index (χ1n) is 6.71. The van der Waals surface area contributed by atoms with Crippen LogP contribution in [-0.4, -0.2) is 32.4 Å². The fourth-order valence-corrected chi connectivity index (χ4v) is 3.45.